The van der Waals surface area contributed by atoms with Crippen molar-refractivity contribution in [3.05, 3.63) is 23.8 Å². The Labute approximate surface area is 221 Å². The van der Waals surface area contributed by atoms with Crippen LogP contribution >= 0.6 is 0 Å². The second-order valence-electron chi connectivity index (χ2n) is 14.4. The van der Waals surface area contributed by atoms with Gasteiger partial charge in [0.1, 0.15) is 6.07 Å². The zero-order valence-corrected chi connectivity index (χ0v) is 24.6. The number of fused-ring (bicyclic) bond motifs is 1. The van der Waals surface area contributed by atoms with Crippen molar-refractivity contribution in [1.29, 1.82) is 10.5 Å². The predicted molar refractivity (Wildman–Crippen MR) is 148 cm³/mol. The number of hydrogen-bond acceptors (Lipinski definition) is 3. The molecule has 3 aliphatic carbocycles. The number of nitrogens with zero attached hydrogens (tertiary/aromatic N) is 2. The molecule has 7 atom stereocenters. The first-order valence-corrected chi connectivity index (χ1v) is 14.3. The van der Waals surface area contributed by atoms with Crippen LogP contribution in [0.2, 0.25) is 0 Å². The maximum absolute atomic E-state index is 13.2. The van der Waals surface area contributed by atoms with E-state index in [9.17, 15) is 15.3 Å². The fourth-order valence-electron chi connectivity index (χ4n) is 9.23. The lowest BCUT2D eigenvalue weighted by Gasteiger charge is -2.64. The molecule has 3 rings (SSSR count). The molecule has 0 aromatic heterocycles. The van der Waals surface area contributed by atoms with E-state index in [2.05, 4.69) is 87.1 Å². The molecule has 0 unspecified atom stereocenters. The minimum atomic E-state index is -0.520. The van der Waals surface area contributed by atoms with E-state index in [1.807, 2.05) is 0 Å². The number of carbonyl (C=O) groups excluding carboxylic acids is 1. The molecule has 3 nitrogen and oxygen atoms in total. The number of hydrogen-bond donors (Lipinski definition) is 0. The monoisotopic (exact) mass is 490 g/mol. The first-order valence-electron chi connectivity index (χ1n) is 14.3. The largest absolute Gasteiger partial charge is 0.293 e. The summed E-state index contributed by atoms with van der Waals surface area (Å²) in [6, 6.07) is 5.05. The van der Waals surface area contributed by atoms with E-state index >= 15 is 0 Å². The van der Waals surface area contributed by atoms with Gasteiger partial charge in [0.2, 0.25) is 0 Å². The summed E-state index contributed by atoms with van der Waals surface area (Å²) in [6.07, 6.45) is 10.3. The minimum absolute atomic E-state index is 0.0174. The van der Waals surface area contributed by atoms with Crippen LogP contribution in [-0.4, -0.2) is 5.78 Å². The number of ketones is 1. The van der Waals surface area contributed by atoms with Crippen molar-refractivity contribution in [2.75, 3.05) is 0 Å². The lowest BCUT2D eigenvalue weighted by atomic mass is 9.39. The fraction of sp³-hybridized carbons (Fsp3) is 0.788. The summed E-state index contributed by atoms with van der Waals surface area (Å²) >= 11 is 0. The first-order chi connectivity index (χ1) is 16.6. The van der Waals surface area contributed by atoms with Gasteiger partial charge in [-0.15, -0.1) is 0 Å². The van der Waals surface area contributed by atoms with Crippen molar-refractivity contribution in [1.82, 2.24) is 0 Å². The Morgan fingerprint density at radius 3 is 2.31 bits per heavy atom. The van der Waals surface area contributed by atoms with Crippen LogP contribution in [0.5, 0.6) is 0 Å². The Balaban J connectivity index is 1.99. The third-order valence-electron chi connectivity index (χ3n) is 12.1. The number of rotatable bonds is 7. The number of carbonyl (C=O) groups is 1. The van der Waals surface area contributed by atoms with Crippen molar-refractivity contribution in [3.8, 4) is 12.1 Å². The Morgan fingerprint density at radius 1 is 1.17 bits per heavy atom. The summed E-state index contributed by atoms with van der Waals surface area (Å²) in [6.45, 7) is 24.7. The topological polar surface area (TPSA) is 64.7 Å². The summed E-state index contributed by atoms with van der Waals surface area (Å²) in [5, 5.41) is 20.3. The second kappa shape index (κ2) is 9.46. The Bertz CT molecular complexity index is 1020. The van der Waals surface area contributed by atoms with Crippen molar-refractivity contribution < 1.29 is 4.79 Å². The van der Waals surface area contributed by atoms with E-state index in [-0.39, 0.29) is 33.4 Å². The molecule has 0 radical (unpaired) electrons. The van der Waals surface area contributed by atoms with Crippen molar-refractivity contribution in [3.63, 3.8) is 0 Å². The molecule has 36 heavy (non-hydrogen) atoms. The van der Waals surface area contributed by atoms with E-state index in [4.69, 9.17) is 0 Å². The van der Waals surface area contributed by atoms with E-state index in [1.165, 1.54) is 5.57 Å². The van der Waals surface area contributed by atoms with Gasteiger partial charge in [0, 0.05) is 5.41 Å². The normalized spacial score (nSPS) is 40.1. The summed E-state index contributed by atoms with van der Waals surface area (Å²) in [7, 11) is 0. The highest BCUT2D eigenvalue weighted by atomic mass is 16.1. The van der Waals surface area contributed by atoms with Gasteiger partial charge in [-0.1, -0.05) is 80.0 Å². The molecule has 198 valence electrons. The van der Waals surface area contributed by atoms with Gasteiger partial charge in [0.25, 0.3) is 0 Å². The zero-order chi connectivity index (χ0) is 27.3. The number of nitriles is 2. The van der Waals surface area contributed by atoms with Gasteiger partial charge in [0.05, 0.1) is 17.1 Å². The number of Topliss-reactive ketones (excluding diaryl/α,β-unsaturated/α-hetero) is 1. The quantitative estimate of drug-likeness (QED) is 0.335. The van der Waals surface area contributed by atoms with Gasteiger partial charge in [-0.05, 0) is 91.8 Å². The molecular weight excluding hydrogens is 440 g/mol. The molecule has 3 heteroatoms. The summed E-state index contributed by atoms with van der Waals surface area (Å²) in [5.74, 6) is 1.42. The zero-order valence-electron chi connectivity index (χ0n) is 24.6. The first kappa shape index (κ1) is 28.7. The summed E-state index contributed by atoms with van der Waals surface area (Å²) in [5.41, 5.74) is 0.665. The molecular formula is C33H50N2O. The highest BCUT2D eigenvalue weighted by Gasteiger charge is 2.63. The molecule has 2 fully saturated rings. The molecule has 0 aromatic rings. The molecule has 2 saturated carbocycles. The maximum Gasteiger partial charge on any atom is 0.178 e. The molecule has 0 heterocycles. The lowest BCUT2D eigenvalue weighted by molar-refractivity contribution is -0.153. The summed E-state index contributed by atoms with van der Waals surface area (Å²) < 4.78 is 0. The van der Waals surface area contributed by atoms with Gasteiger partial charge in [-0.3, -0.25) is 4.79 Å². The molecule has 0 aliphatic heterocycles. The van der Waals surface area contributed by atoms with Crippen molar-refractivity contribution in [2.24, 2.45) is 50.7 Å². The van der Waals surface area contributed by atoms with Gasteiger partial charge < -0.3 is 0 Å². The third-order valence-corrected chi connectivity index (χ3v) is 12.1. The minimum Gasteiger partial charge on any atom is -0.293 e. The van der Waals surface area contributed by atoms with E-state index in [0.717, 1.165) is 51.4 Å². The van der Waals surface area contributed by atoms with Crippen LogP contribution in [-0.2, 0) is 4.79 Å². The fourth-order valence-corrected chi connectivity index (χ4v) is 9.23. The third kappa shape index (κ3) is 4.10. The molecule has 0 aromatic carbocycles. The predicted octanol–water partition coefficient (Wildman–Crippen LogP) is 8.82. The van der Waals surface area contributed by atoms with Crippen LogP contribution in [0.15, 0.2) is 23.8 Å². The Morgan fingerprint density at radius 2 is 1.81 bits per heavy atom. The van der Waals surface area contributed by atoms with E-state index in [1.54, 1.807) is 0 Å². The SMILES string of the molecule is C=C(C)[C@@H]1CC[C@](C#N)(CCC(C)(C)[C@]2(C)CC[C@H]3C(C)(C)C(=O)C(C#N)=C[C@]3(C)[C@H]2CCC)[C@H]1C. The molecule has 0 bridgehead atoms. The van der Waals surface area contributed by atoms with Crippen molar-refractivity contribution >= 4 is 5.78 Å². The van der Waals surface area contributed by atoms with E-state index < -0.39 is 5.41 Å². The highest BCUT2D eigenvalue weighted by molar-refractivity contribution is 6.04. The van der Waals surface area contributed by atoms with Crippen LogP contribution in [0, 0.1) is 73.4 Å². The highest BCUT2D eigenvalue weighted by Crippen LogP contribution is 2.68. The van der Waals surface area contributed by atoms with Gasteiger partial charge in [-0.25, -0.2) is 0 Å². The Hall–Kier alpha value is -1.87. The number of allylic oxidation sites excluding steroid dienone is 3. The van der Waals surface area contributed by atoms with Crippen LogP contribution in [0.3, 0.4) is 0 Å². The average Bonchev–Trinajstić information content (AvgIpc) is 3.14. The molecule has 0 saturated heterocycles. The van der Waals surface area contributed by atoms with Gasteiger partial charge in [-0.2, -0.15) is 10.5 Å². The van der Waals surface area contributed by atoms with Gasteiger partial charge in [0.15, 0.2) is 5.78 Å². The van der Waals surface area contributed by atoms with E-state index in [0.29, 0.717) is 23.3 Å². The second-order valence-corrected chi connectivity index (χ2v) is 14.4. The standard InChI is InChI=1S/C33H50N2O/c1-11-12-27-31(9)19-24(20-34)28(36)30(7,8)26(31)14-15-32(27,10)29(5,6)17-18-33(21-35)16-13-25(22(2)3)23(33)4/h19,23,25-27H,2,11-18H2,1,3-10H3/t23-,25-,26-,27+,31-,32+,33+/m0/s1. The van der Waals surface area contributed by atoms with Gasteiger partial charge >= 0.3 is 0 Å². The maximum atomic E-state index is 13.2. The van der Waals surface area contributed by atoms with Crippen LogP contribution in [0.25, 0.3) is 0 Å². The van der Waals surface area contributed by atoms with Crippen LogP contribution in [0.4, 0.5) is 0 Å². The molecule has 3 aliphatic rings. The smallest absolute Gasteiger partial charge is 0.178 e. The molecule has 0 amide bonds. The average molecular weight is 491 g/mol. The van der Waals surface area contributed by atoms with Crippen LogP contribution < -0.4 is 0 Å². The van der Waals surface area contributed by atoms with Crippen LogP contribution in [0.1, 0.15) is 114 Å². The summed E-state index contributed by atoms with van der Waals surface area (Å²) in [4.78, 5) is 13.2. The Kier molecular flexibility index (Phi) is 7.54. The van der Waals surface area contributed by atoms with Crippen molar-refractivity contribution in [2.45, 2.75) is 114 Å². The molecule has 0 N–H and O–H groups in total. The molecule has 0 spiro atoms. The lowest BCUT2D eigenvalue weighted by Crippen LogP contribution is -2.59.